The number of carbonyl (C=O) groups excluding carboxylic acids is 2. The SMILES string of the molecule is CC[C@@H](C)NC(=O)[C@@H](C)N(Cc1ccc(Cl)cc1)C(=O)CN(c1cccc([N+](=O)[O-])c1)S(=O)(=O)c1ccccc1. The van der Waals surface area contributed by atoms with Crippen LogP contribution in [0.2, 0.25) is 5.02 Å². The molecule has 0 aliphatic carbocycles. The first-order valence-electron chi connectivity index (χ1n) is 12.6. The second kappa shape index (κ2) is 13.4. The summed E-state index contributed by atoms with van der Waals surface area (Å²) in [6, 6.07) is 18.1. The van der Waals surface area contributed by atoms with Gasteiger partial charge in [-0.3, -0.25) is 24.0 Å². The average Bonchev–Trinajstić information content (AvgIpc) is 2.95. The number of nitro benzene ring substituents is 1. The maximum atomic E-state index is 13.9. The molecule has 10 nitrogen and oxygen atoms in total. The lowest BCUT2D eigenvalue weighted by molar-refractivity contribution is -0.384. The molecule has 212 valence electrons. The number of carbonyl (C=O) groups is 2. The molecule has 0 bridgehead atoms. The Kier molecular flexibility index (Phi) is 10.2. The molecule has 0 radical (unpaired) electrons. The highest BCUT2D eigenvalue weighted by Gasteiger charge is 2.33. The van der Waals surface area contributed by atoms with Gasteiger partial charge >= 0.3 is 0 Å². The van der Waals surface area contributed by atoms with Crippen LogP contribution in [-0.4, -0.2) is 48.7 Å². The maximum absolute atomic E-state index is 13.9. The van der Waals surface area contributed by atoms with E-state index in [9.17, 15) is 28.1 Å². The van der Waals surface area contributed by atoms with Gasteiger partial charge in [-0.2, -0.15) is 0 Å². The molecule has 0 spiro atoms. The van der Waals surface area contributed by atoms with E-state index in [0.717, 1.165) is 10.4 Å². The van der Waals surface area contributed by atoms with Crippen molar-refractivity contribution in [3.05, 3.63) is 99.6 Å². The van der Waals surface area contributed by atoms with Crippen molar-refractivity contribution in [1.82, 2.24) is 10.2 Å². The number of halogens is 1. The molecular weight excluding hydrogens is 556 g/mol. The van der Waals surface area contributed by atoms with E-state index in [4.69, 9.17) is 11.6 Å². The first-order chi connectivity index (χ1) is 18.9. The summed E-state index contributed by atoms with van der Waals surface area (Å²) in [7, 11) is -4.33. The third-order valence-corrected chi connectivity index (χ3v) is 8.41. The first-order valence-corrected chi connectivity index (χ1v) is 14.4. The zero-order valence-electron chi connectivity index (χ0n) is 22.4. The van der Waals surface area contributed by atoms with Crippen LogP contribution in [0.5, 0.6) is 0 Å². The van der Waals surface area contributed by atoms with Gasteiger partial charge < -0.3 is 10.2 Å². The number of sulfonamides is 1. The number of nitrogens with zero attached hydrogens (tertiary/aromatic N) is 3. The van der Waals surface area contributed by atoms with Crippen molar-refractivity contribution < 1.29 is 22.9 Å². The number of anilines is 1. The smallest absolute Gasteiger partial charge is 0.271 e. The lowest BCUT2D eigenvalue weighted by Gasteiger charge is -2.32. The van der Waals surface area contributed by atoms with Gasteiger partial charge in [-0.1, -0.05) is 54.9 Å². The molecule has 40 heavy (non-hydrogen) atoms. The van der Waals surface area contributed by atoms with E-state index >= 15 is 0 Å². The highest BCUT2D eigenvalue weighted by molar-refractivity contribution is 7.92. The Morgan fingerprint density at radius 2 is 1.65 bits per heavy atom. The molecule has 2 amide bonds. The van der Waals surface area contributed by atoms with Gasteiger partial charge in [0.1, 0.15) is 12.6 Å². The van der Waals surface area contributed by atoms with E-state index in [2.05, 4.69) is 5.32 Å². The summed E-state index contributed by atoms with van der Waals surface area (Å²) in [6.45, 7) is 4.62. The third kappa shape index (κ3) is 7.57. The lowest BCUT2D eigenvalue weighted by Crippen LogP contribution is -2.52. The Morgan fingerprint density at radius 3 is 2.25 bits per heavy atom. The van der Waals surface area contributed by atoms with Crippen LogP contribution >= 0.6 is 11.6 Å². The summed E-state index contributed by atoms with van der Waals surface area (Å²) in [6.07, 6.45) is 0.680. The van der Waals surface area contributed by atoms with E-state index in [1.165, 1.54) is 47.4 Å². The second-order valence-corrected chi connectivity index (χ2v) is 11.5. The molecule has 2 atom stereocenters. The van der Waals surface area contributed by atoms with Gasteiger partial charge in [0.05, 0.1) is 15.5 Å². The minimum absolute atomic E-state index is 0.000737. The topological polar surface area (TPSA) is 130 Å². The maximum Gasteiger partial charge on any atom is 0.271 e. The Bertz CT molecular complexity index is 1450. The number of hydrogen-bond donors (Lipinski definition) is 1. The van der Waals surface area contributed by atoms with Crippen molar-refractivity contribution >= 4 is 44.8 Å². The number of non-ortho nitro benzene ring substituents is 1. The highest BCUT2D eigenvalue weighted by Crippen LogP contribution is 2.27. The molecule has 3 aromatic carbocycles. The predicted octanol–water partition coefficient (Wildman–Crippen LogP) is 4.78. The van der Waals surface area contributed by atoms with Crippen LogP contribution in [0.4, 0.5) is 11.4 Å². The normalized spacial score (nSPS) is 12.7. The molecule has 0 aromatic heterocycles. The van der Waals surface area contributed by atoms with E-state index in [1.54, 1.807) is 37.3 Å². The van der Waals surface area contributed by atoms with Crippen LogP contribution in [0, 0.1) is 10.1 Å². The Morgan fingerprint density at radius 1 is 1.00 bits per heavy atom. The van der Waals surface area contributed by atoms with E-state index < -0.39 is 39.3 Å². The van der Waals surface area contributed by atoms with Crippen LogP contribution in [0.3, 0.4) is 0 Å². The molecule has 0 saturated carbocycles. The largest absolute Gasteiger partial charge is 0.352 e. The van der Waals surface area contributed by atoms with Crippen molar-refractivity contribution in [2.24, 2.45) is 0 Å². The molecule has 0 saturated heterocycles. The molecule has 3 rings (SSSR count). The van der Waals surface area contributed by atoms with E-state index in [0.29, 0.717) is 17.0 Å². The minimum Gasteiger partial charge on any atom is -0.352 e. The van der Waals surface area contributed by atoms with Gasteiger partial charge in [-0.05, 0) is 56.2 Å². The number of nitro groups is 1. The van der Waals surface area contributed by atoms with Crippen molar-refractivity contribution in [3.63, 3.8) is 0 Å². The van der Waals surface area contributed by atoms with E-state index in [-0.39, 0.29) is 28.9 Å². The fourth-order valence-corrected chi connectivity index (χ4v) is 5.40. The van der Waals surface area contributed by atoms with Crippen molar-refractivity contribution in [2.45, 2.75) is 50.7 Å². The van der Waals surface area contributed by atoms with Gasteiger partial charge in [-0.15, -0.1) is 0 Å². The number of amides is 2. The first kappa shape index (κ1) is 30.6. The number of hydrogen-bond acceptors (Lipinski definition) is 6. The standard InChI is InChI=1S/C28H31ClN4O6S/c1-4-20(2)30-28(35)21(3)31(18-22-13-15-23(29)16-14-22)27(34)19-32(24-9-8-10-25(17-24)33(36)37)40(38,39)26-11-6-5-7-12-26/h5-17,20-21H,4,18-19H2,1-3H3,(H,30,35)/t20-,21-/m1/s1. The Balaban J connectivity index is 2.05. The van der Waals surface area contributed by atoms with Crippen LogP contribution in [0.25, 0.3) is 0 Å². The van der Waals surface area contributed by atoms with Crippen LogP contribution < -0.4 is 9.62 Å². The van der Waals surface area contributed by atoms with Crippen LogP contribution in [0.15, 0.2) is 83.8 Å². The zero-order valence-corrected chi connectivity index (χ0v) is 23.9. The van der Waals surface area contributed by atoms with Gasteiger partial charge in [0.2, 0.25) is 11.8 Å². The fraction of sp³-hybridized carbons (Fsp3) is 0.286. The molecule has 12 heteroatoms. The van der Waals surface area contributed by atoms with Gasteiger partial charge in [0, 0.05) is 29.7 Å². The fourth-order valence-electron chi connectivity index (χ4n) is 3.84. The number of nitrogens with one attached hydrogen (secondary N) is 1. The summed E-state index contributed by atoms with van der Waals surface area (Å²) >= 11 is 6.01. The van der Waals surface area contributed by atoms with Crippen LogP contribution in [-0.2, 0) is 26.2 Å². The van der Waals surface area contributed by atoms with Gasteiger partial charge in [-0.25, -0.2) is 8.42 Å². The molecule has 3 aromatic rings. The Labute approximate surface area is 238 Å². The summed E-state index contributed by atoms with van der Waals surface area (Å²) in [4.78, 5) is 38.9. The summed E-state index contributed by atoms with van der Waals surface area (Å²) < 4.78 is 28.3. The molecule has 0 unspecified atom stereocenters. The molecule has 0 aliphatic heterocycles. The zero-order chi connectivity index (χ0) is 29.4. The molecule has 1 N–H and O–H groups in total. The number of benzene rings is 3. The minimum atomic E-state index is -4.33. The molecular formula is C28H31ClN4O6S. The summed E-state index contributed by atoms with van der Waals surface area (Å²) in [5.41, 5.74) is 0.279. The molecule has 0 fully saturated rings. The molecule has 0 heterocycles. The van der Waals surface area contributed by atoms with Gasteiger partial charge in [0.25, 0.3) is 15.7 Å². The van der Waals surface area contributed by atoms with Gasteiger partial charge in [0.15, 0.2) is 0 Å². The summed E-state index contributed by atoms with van der Waals surface area (Å²) in [5.74, 6) is -1.07. The predicted molar refractivity (Wildman–Crippen MR) is 153 cm³/mol. The highest BCUT2D eigenvalue weighted by atomic mass is 35.5. The molecule has 0 aliphatic rings. The van der Waals surface area contributed by atoms with E-state index in [1.807, 2.05) is 13.8 Å². The average molecular weight is 587 g/mol. The quantitative estimate of drug-likeness (QED) is 0.240. The van der Waals surface area contributed by atoms with Crippen molar-refractivity contribution in [2.75, 3.05) is 10.8 Å². The van der Waals surface area contributed by atoms with Crippen molar-refractivity contribution in [3.8, 4) is 0 Å². The third-order valence-electron chi connectivity index (χ3n) is 6.37. The monoisotopic (exact) mass is 586 g/mol. The summed E-state index contributed by atoms with van der Waals surface area (Å²) in [5, 5.41) is 14.8. The lowest BCUT2D eigenvalue weighted by atomic mass is 10.1. The van der Waals surface area contributed by atoms with Crippen LogP contribution in [0.1, 0.15) is 32.8 Å². The Hall–Kier alpha value is -3.96. The number of rotatable bonds is 12. The van der Waals surface area contributed by atoms with Crippen molar-refractivity contribution in [1.29, 1.82) is 0 Å². The second-order valence-electron chi connectivity index (χ2n) is 9.24.